The van der Waals surface area contributed by atoms with Gasteiger partial charge in [0.25, 0.3) is 0 Å². The highest BCUT2D eigenvalue weighted by Gasteiger charge is 2.47. The summed E-state index contributed by atoms with van der Waals surface area (Å²) in [5.41, 5.74) is -2.04. The molecule has 0 bridgehead atoms. The highest BCUT2D eigenvalue weighted by Crippen LogP contribution is 2.37. The van der Waals surface area contributed by atoms with Crippen molar-refractivity contribution < 1.29 is 35.9 Å². The fourth-order valence-electron chi connectivity index (χ4n) is 1.78. The molecule has 1 aliphatic heterocycles. The van der Waals surface area contributed by atoms with Crippen LogP contribution in [0.1, 0.15) is 17.2 Å². The fourth-order valence-corrected chi connectivity index (χ4v) is 1.78. The van der Waals surface area contributed by atoms with E-state index >= 15 is 0 Å². The third-order valence-electron chi connectivity index (χ3n) is 2.71. The molecule has 1 fully saturated rings. The van der Waals surface area contributed by atoms with Crippen LogP contribution in [0.3, 0.4) is 0 Å². The Morgan fingerprint density at radius 3 is 2.43 bits per heavy atom. The minimum atomic E-state index is -4.93. The maximum absolute atomic E-state index is 13.5. The molecular weight excluding hydrogens is 328 g/mol. The second-order valence-electron chi connectivity index (χ2n) is 4.15. The van der Waals surface area contributed by atoms with E-state index in [4.69, 9.17) is 0 Å². The van der Waals surface area contributed by atoms with Gasteiger partial charge in [0.2, 0.25) is 0 Å². The van der Waals surface area contributed by atoms with Gasteiger partial charge in [0, 0.05) is 0 Å². The number of carbonyl (C=O) groups is 1. The minimum absolute atomic E-state index is 0. The maximum atomic E-state index is 13.5. The summed E-state index contributed by atoms with van der Waals surface area (Å²) in [6, 6.07) is -0.577. The monoisotopic (exact) mass is 335 g/mol. The first-order valence-corrected chi connectivity index (χ1v) is 5.29. The van der Waals surface area contributed by atoms with Crippen LogP contribution in [0, 0.1) is 5.82 Å². The van der Waals surface area contributed by atoms with Gasteiger partial charge in [0.15, 0.2) is 6.61 Å². The lowest BCUT2D eigenvalue weighted by atomic mass is 9.98. The summed E-state index contributed by atoms with van der Waals surface area (Å²) in [4.78, 5) is 10.9. The average molecular weight is 336 g/mol. The molecule has 1 saturated heterocycles. The number of ether oxygens (including phenoxy) is 1. The van der Waals surface area contributed by atoms with Gasteiger partial charge in [-0.25, -0.2) is 18.0 Å². The van der Waals surface area contributed by atoms with E-state index in [9.17, 15) is 31.1 Å². The molecule has 1 amide bonds. The number of benzene rings is 1. The van der Waals surface area contributed by atoms with Crippen molar-refractivity contribution in [1.82, 2.24) is 5.32 Å². The quantitative estimate of drug-likeness (QED) is 0.795. The molecule has 0 saturated carbocycles. The molecule has 0 spiro atoms. The highest BCUT2D eigenvalue weighted by atomic mass is 35.5. The van der Waals surface area contributed by atoms with Crippen molar-refractivity contribution in [2.75, 3.05) is 6.61 Å². The number of alkyl carbamates (subject to hydrolysis) is 1. The number of rotatable bonds is 1. The van der Waals surface area contributed by atoms with Crippen LogP contribution in [0.25, 0.3) is 0 Å². The van der Waals surface area contributed by atoms with E-state index in [1.165, 1.54) is 0 Å². The molecule has 1 atom stereocenters. The molecule has 1 heterocycles. The summed E-state index contributed by atoms with van der Waals surface area (Å²) in [6.45, 7) is -1.23. The third-order valence-corrected chi connectivity index (χ3v) is 2.71. The molecule has 0 aromatic heterocycles. The van der Waals surface area contributed by atoms with E-state index in [1.54, 1.807) is 5.32 Å². The van der Waals surface area contributed by atoms with Gasteiger partial charge in [-0.05, 0) is 17.7 Å². The predicted molar refractivity (Wildman–Crippen MR) is 60.8 cm³/mol. The fraction of sp³-hybridized carbons (Fsp3) is 0.364. The standard InChI is InChI=1S/C11H7F6NO2.ClH/c12-7-3-5(1-2-6(7)11(15,16)17)8-10(13,14)4-20-9(19)18-8;/h1-3,8H,4H2,(H,18,19);1H/t8-;/m0./s1. The molecule has 21 heavy (non-hydrogen) atoms. The predicted octanol–water partition coefficient (Wildman–Crippen LogP) is 3.68. The number of cyclic esters (lactones) is 1. The molecular formula is C11H8ClF6NO2. The first-order chi connectivity index (χ1) is 9.11. The van der Waals surface area contributed by atoms with Gasteiger partial charge in [-0.15, -0.1) is 12.4 Å². The summed E-state index contributed by atoms with van der Waals surface area (Å²) in [7, 11) is 0. The lowest BCUT2D eigenvalue weighted by Gasteiger charge is -2.31. The van der Waals surface area contributed by atoms with E-state index < -0.39 is 47.8 Å². The van der Waals surface area contributed by atoms with Gasteiger partial charge < -0.3 is 10.1 Å². The number of nitrogens with one attached hydrogen (secondary N) is 1. The van der Waals surface area contributed by atoms with Gasteiger partial charge in [-0.2, -0.15) is 13.2 Å². The van der Waals surface area contributed by atoms with Crippen LogP contribution >= 0.6 is 12.4 Å². The van der Waals surface area contributed by atoms with Gasteiger partial charge in [0.05, 0.1) is 5.56 Å². The second-order valence-corrected chi connectivity index (χ2v) is 4.15. The van der Waals surface area contributed by atoms with Gasteiger partial charge in [-0.3, -0.25) is 0 Å². The lowest BCUT2D eigenvalue weighted by Crippen LogP contribution is -2.49. The van der Waals surface area contributed by atoms with Gasteiger partial charge in [-0.1, -0.05) is 6.07 Å². The smallest absolute Gasteiger partial charge is 0.419 e. The van der Waals surface area contributed by atoms with Crippen molar-refractivity contribution >= 4 is 18.5 Å². The summed E-state index contributed by atoms with van der Waals surface area (Å²) in [6.07, 6.45) is -6.08. The van der Waals surface area contributed by atoms with E-state index in [0.717, 1.165) is 0 Å². The molecule has 0 aliphatic carbocycles. The van der Waals surface area contributed by atoms with Crippen molar-refractivity contribution in [1.29, 1.82) is 0 Å². The molecule has 1 N–H and O–H groups in total. The van der Waals surface area contributed by atoms with Crippen LogP contribution < -0.4 is 5.32 Å². The lowest BCUT2D eigenvalue weighted by molar-refractivity contribution is -0.140. The Morgan fingerprint density at radius 1 is 1.29 bits per heavy atom. The Morgan fingerprint density at radius 2 is 1.90 bits per heavy atom. The second kappa shape index (κ2) is 5.63. The minimum Gasteiger partial charge on any atom is -0.443 e. The molecule has 0 unspecified atom stereocenters. The van der Waals surface area contributed by atoms with Crippen LogP contribution in [0.15, 0.2) is 18.2 Å². The molecule has 10 heteroatoms. The van der Waals surface area contributed by atoms with E-state index in [0.29, 0.717) is 18.2 Å². The Hall–Kier alpha value is -1.64. The van der Waals surface area contributed by atoms with Crippen LogP contribution in [0.4, 0.5) is 31.1 Å². The molecule has 1 aromatic rings. The van der Waals surface area contributed by atoms with Crippen LogP contribution in [-0.4, -0.2) is 18.6 Å². The summed E-state index contributed by atoms with van der Waals surface area (Å²) in [5.74, 6) is -5.24. The normalized spacial score (nSPS) is 21.0. The SMILES string of the molecule is Cl.O=C1N[C@@H](c2ccc(C(F)(F)F)c(F)c2)C(F)(F)CO1. The largest absolute Gasteiger partial charge is 0.443 e. The van der Waals surface area contributed by atoms with Crippen LogP contribution in [0.5, 0.6) is 0 Å². The molecule has 1 aromatic carbocycles. The Balaban J connectivity index is 0.00000220. The van der Waals surface area contributed by atoms with Crippen molar-refractivity contribution in [3.8, 4) is 0 Å². The van der Waals surface area contributed by atoms with Gasteiger partial charge in [0.1, 0.15) is 11.9 Å². The highest BCUT2D eigenvalue weighted by molar-refractivity contribution is 5.85. The zero-order valence-corrected chi connectivity index (χ0v) is 10.8. The van der Waals surface area contributed by atoms with Crippen molar-refractivity contribution in [3.63, 3.8) is 0 Å². The number of hydrogen-bond acceptors (Lipinski definition) is 2. The Labute approximate surface area is 120 Å². The zero-order chi connectivity index (χ0) is 15.1. The maximum Gasteiger partial charge on any atom is 0.419 e. The molecule has 3 nitrogen and oxygen atoms in total. The van der Waals surface area contributed by atoms with Crippen molar-refractivity contribution in [2.24, 2.45) is 0 Å². The van der Waals surface area contributed by atoms with Crippen molar-refractivity contribution in [3.05, 3.63) is 35.1 Å². The number of hydrogen-bond donors (Lipinski definition) is 1. The molecule has 1 aliphatic rings. The Kier molecular flexibility index (Phi) is 4.66. The van der Waals surface area contributed by atoms with E-state index in [2.05, 4.69) is 4.74 Å². The average Bonchev–Trinajstić information content (AvgIpc) is 2.30. The first-order valence-electron chi connectivity index (χ1n) is 5.29. The number of carbonyl (C=O) groups excluding carboxylic acids is 1. The molecule has 2 rings (SSSR count). The zero-order valence-electron chi connectivity index (χ0n) is 10.0. The number of alkyl halides is 5. The molecule has 0 radical (unpaired) electrons. The van der Waals surface area contributed by atoms with Crippen LogP contribution in [-0.2, 0) is 10.9 Å². The summed E-state index contributed by atoms with van der Waals surface area (Å²) < 4.78 is 81.5. The van der Waals surface area contributed by atoms with E-state index in [1.807, 2.05) is 0 Å². The topological polar surface area (TPSA) is 38.3 Å². The number of halogens is 7. The van der Waals surface area contributed by atoms with Gasteiger partial charge >= 0.3 is 18.2 Å². The van der Waals surface area contributed by atoms with Crippen LogP contribution in [0.2, 0.25) is 0 Å². The number of amides is 1. The third kappa shape index (κ3) is 3.52. The summed E-state index contributed by atoms with van der Waals surface area (Å²) in [5, 5.41) is 1.75. The summed E-state index contributed by atoms with van der Waals surface area (Å²) >= 11 is 0. The van der Waals surface area contributed by atoms with Crippen molar-refractivity contribution in [2.45, 2.75) is 18.1 Å². The Bertz CT molecular complexity index is 548. The molecule has 118 valence electrons. The van der Waals surface area contributed by atoms with E-state index in [-0.39, 0.29) is 12.4 Å². The first kappa shape index (κ1) is 17.4.